The molecule has 0 aliphatic rings. The summed E-state index contributed by atoms with van der Waals surface area (Å²) < 4.78 is 2.05. The number of nitrogens with zero attached hydrogens (tertiary/aromatic N) is 3. The van der Waals surface area contributed by atoms with Gasteiger partial charge in [0.2, 0.25) is 5.95 Å². The fraction of sp³-hybridized carbons (Fsp3) is 0.400. The van der Waals surface area contributed by atoms with Gasteiger partial charge in [-0.15, -0.1) is 0 Å². The van der Waals surface area contributed by atoms with E-state index in [1.807, 2.05) is 6.07 Å². The van der Waals surface area contributed by atoms with Gasteiger partial charge < -0.3 is 10.3 Å². The van der Waals surface area contributed by atoms with E-state index in [2.05, 4.69) is 28.4 Å². The summed E-state index contributed by atoms with van der Waals surface area (Å²) in [6, 6.07) is 2.33. The molecule has 0 saturated carbocycles. The van der Waals surface area contributed by atoms with Crippen molar-refractivity contribution in [1.82, 2.24) is 14.5 Å². The molecule has 0 aliphatic carbocycles. The lowest BCUT2D eigenvalue weighted by Gasteiger charge is -2.13. The SMILES string of the molecule is CCC(C)n1c(N)nc2cnccc21. The molecular formula is C10H14N4. The highest BCUT2D eigenvalue weighted by Gasteiger charge is 2.11. The maximum atomic E-state index is 5.85. The zero-order chi connectivity index (χ0) is 10.1. The minimum Gasteiger partial charge on any atom is -0.369 e. The van der Waals surface area contributed by atoms with Gasteiger partial charge in [0.15, 0.2) is 0 Å². The lowest BCUT2D eigenvalue weighted by Crippen LogP contribution is -2.07. The first-order chi connectivity index (χ1) is 6.74. The van der Waals surface area contributed by atoms with E-state index >= 15 is 0 Å². The first-order valence-corrected chi connectivity index (χ1v) is 4.81. The predicted molar refractivity (Wildman–Crippen MR) is 56.9 cm³/mol. The van der Waals surface area contributed by atoms with Crippen LogP contribution in [0.1, 0.15) is 26.3 Å². The third-order valence-electron chi connectivity index (χ3n) is 2.55. The van der Waals surface area contributed by atoms with Crippen molar-refractivity contribution in [3.8, 4) is 0 Å². The van der Waals surface area contributed by atoms with E-state index in [0.29, 0.717) is 12.0 Å². The van der Waals surface area contributed by atoms with Gasteiger partial charge in [-0.1, -0.05) is 6.92 Å². The molecule has 74 valence electrons. The van der Waals surface area contributed by atoms with E-state index in [9.17, 15) is 0 Å². The highest BCUT2D eigenvalue weighted by molar-refractivity contribution is 5.77. The number of aromatic nitrogens is 3. The van der Waals surface area contributed by atoms with Crippen molar-refractivity contribution in [2.75, 3.05) is 5.73 Å². The minimum atomic E-state index is 0.377. The summed E-state index contributed by atoms with van der Waals surface area (Å²) in [5.41, 5.74) is 7.78. The monoisotopic (exact) mass is 190 g/mol. The van der Waals surface area contributed by atoms with Crippen LogP contribution in [0.3, 0.4) is 0 Å². The summed E-state index contributed by atoms with van der Waals surface area (Å²) in [6.07, 6.45) is 4.55. The molecule has 0 aromatic carbocycles. The Kier molecular flexibility index (Phi) is 2.11. The number of nitrogens with two attached hydrogens (primary N) is 1. The van der Waals surface area contributed by atoms with E-state index in [1.54, 1.807) is 12.4 Å². The Morgan fingerprint density at radius 1 is 1.57 bits per heavy atom. The van der Waals surface area contributed by atoms with Gasteiger partial charge in [-0.3, -0.25) is 4.98 Å². The summed E-state index contributed by atoms with van der Waals surface area (Å²) in [7, 11) is 0. The van der Waals surface area contributed by atoms with Gasteiger partial charge in [0, 0.05) is 12.2 Å². The van der Waals surface area contributed by atoms with Gasteiger partial charge in [-0.2, -0.15) is 0 Å². The van der Waals surface area contributed by atoms with Crippen molar-refractivity contribution in [2.45, 2.75) is 26.3 Å². The number of fused-ring (bicyclic) bond motifs is 1. The molecule has 0 fully saturated rings. The Hall–Kier alpha value is -1.58. The molecule has 2 aromatic rings. The van der Waals surface area contributed by atoms with E-state index in [1.165, 1.54) is 0 Å². The first kappa shape index (κ1) is 8.99. The molecule has 0 radical (unpaired) electrons. The Balaban J connectivity index is 2.67. The average molecular weight is 190 g/mol. The van der Waals surface area contributed by atoms with Crippen molar-refractivity contribution in [3.63, 3.8) is 0 Å². The minimum absolute atomic E-state index is 0.377. The second-order valence-electron chi connectivity index (χ2n) is 3.46. The number of pyridine rings is 1. The largest absolute Gasteiger partial charge is 0.369 e. The molecule has 0 bridgehead atoms. The van der Waals surface area contributed by atoms with Crippen molar-refractivity contribution < 1.29 is 0 Å². The summed E-state index contributed by atoms with van der Waals surface area (Å²) in [5.74, 6) is 0.572. The van der Waals surface area contributed by atoms with Crippen molar-refractivity contribution >= 4 is 17.0 Å². The highest BCUT2D eigenvalue weighted by Crippen LogP contribution is 2.23. The Bertz CT molecular complexity index is 446. The molecule has 2 heterocycles. The van der Waals surface area contributed by atoms with Crippen molar-refractivity contribution in [3.05, 3.63) is 18.5 Å². The maximum Gasteiger partial charge on any atom is 0.201 e. The van der Waals surface area contributed by atoms with Crippen LogP contribution in [0.15, 0.2) is 18.5 Å². The Morgan fingerprint density at radius 3 is 3.07 bits per heavy atom. The molecular weight excluding hydrogens is 176 g/mol. The maximum absolute atomic E-state index is 5.85. The third kappa shape index (κ3) is 1.23. The fourth-order valence-electron chi connectivity index (χ4n) is 1.62. The number of imidazole rings is 1. The van der Waals surface area contributed by atoms with Crippen LogP contribution in [0.25, 0.3) is 11.0 Å². The van der Waals surface area contributed by atoms with Crippen LogP contribution in [-0.2, 0) is 0 Å². The van der Waals surface area contributed by atoms with Crippen LogP contribution in [-0.4, -0.2) is 14.5 Å². The van der Waals surface area contributed by atoms with Crippen LogP contribution in [0.2, 0.25) is 0 Å². The van der Waals surface area contributed by atoms with Crippen LogP contribution >= 0.6 is 0 Å². The molecule has 2 aromatic heterocycles. The molecule has 0 spiro atoms. The van der Waals surface area contributed by atoms with Gasteiger partial charge in [0.25, 0.3) is 0 Å². The van der Waals surface area contributed by atoms with Crippen molar-refractivity contribution in [1.29, 1.82) is 0 Å². The van der Waals surface area contributed by atoms with Crippen LogP contribution < -0.4 is 5.73 Å². The topological polar surface area (TPSA) is 56.7 Å². The number of hydrogen-bond donors (Lipinski definition) is 1. The van der Waals surface area contributed by atoms with E-state index < -0.39 is 0 Å². The summed E-state index contributed by atoms with van der Waals surface area (Å²) in [6.45, 7) is 4.27. The second kappa shape index (κ2) is 3.29. The lowest BCUT2D eigenvalue weighted by molar-refractivity contribution is 0.552. The highest BCUT2D eigenvalue weighted by atomic mass is 15.2. The van der Waals surface area contributed by atoms with Gasteiger partial charge in [0.05, 0.1) is 11.7 Å². The standard InChI is InChI=1S/C10H14N4/c1-3-7(2)14-9-4-5-12-6-8(9)13-10(14)11/h4-7H,3H2,1-2H3,(H2,11,13). The Morgan fingerprint density at radius 2 is 2.36 bits per heavy atom. The fourth-order valence-corrected chi connectivity index (χ4v) is 1.62. The molecule has 2 rings (SSSR count). The van der Waals surface area contributed by atoms with E-state index in [4.69, 9.17) is 5.73 Å². The van der Waals surface area contributed by atoms with Gasteiger partial charge in [-0.05, 0) is 19.4 Å². The molecule has 0 saturated heterocycles. The van der Waals surface area contributed by atoms with Crippen molar-refractivity contribution in [2.24, 2.45) is 0 Å². The average Bonchev–Trinajstić information content (AvgIpc) is 2.53. The third-order valence-corrected chi connectivity index (χ3v) is 2.55. The van der Waals surface area contributed by atoms with Gasteiger partial charge >= 0.3 is 0 Å². The number of rotatable bonds is 2. The molecule has 0 amide bonds. The lowest BCUT2D eigenvalue weighted by atomic mass is 10.2. The number of hydrogen-bond acceptors (Lipinski definition) is 3. The molecule has 0 aliphatic heterocycles. The summed E-state index contributed by atoms with van der Waals surface area (Å²) >= 11 is 0. The molecule has 1 unspecified atom stereocenters. The summed E-state index contributed by atoms with van der Waals surface area (Å²) in [4.78, 5) is 8.28. The molecule has 4 heteroatoms. The second-order valence-corrected chi connectivity index (χ2v) is 3.46. The predicted octanol–water partition coefficient (Wildman–Crippen LogP) is 1.98. The zero-order valence-electron chi connectivity index (χ0n) is 8.44. The zero-order valence-corrected chi connectivity index (χ0v) is 8.44. The molecule has 14 heavy (non-hydrogen) atoms. The first-order valence-electron chi connectivity index (χ1n) is 4.81. The number of anilines is 1. The quantitative estimate of drug-likeness (QED) is 0.787. The number of nitrogen functional groups attached to an aromatic ring is 1. The van der Waals surface area contributed by atoms with E-state index in [0.717, 1.165) is 17.5 Å². The van der Waals surface area contributed by atoms with Crippen LogP contribution in [0.5, 0.6) is 0 Å². The Labute approximate surface area is 82.8 Å². The molecule has 2 N–H and O–H groups in total. The van der Waals surface area contributed by atoms with Crippen LogP contribution in [0.4, 0.5) is 5.95 Å². The van der Waals surface area contributed by atoms with Gasteiger partial charge in [0.1, 0.15) is 5.52 Å². The summed E-state index contributed by atoms with van der Waals surface area (Å²) in [5, 5.41) is 0. The van der Waals surface area contributed by atoms with E-state index in [-0.39, 0.29) is 0 Å². The molecule has 4 nitrogen and oxygen atoms in total. The molecule has 1 atom stereocenters. The van der Waals surface area contributed by atoms with Crippen LogP contribution in [0, 0.1) is 0 Å². The smallest absolute Gasteiger partial charge is 0.201 e. The normalized spacial score (nSPS) is 13.3. The van der Waals surface area contributed by atoms with Gasteiger partial charge in [-0.25, -0.2) is 4.98 Å².